The summed E-state index contributed by atoms with van der Waals surface area (Å²) in [6.45, 7) is 0. The number of phenols is 1. The van der Waals surface area contributed by atoms with Crippen LogP contribution < -0.4 is 5.32 Å². The van der Waals surface area contributed by atoms with E-state index in [0.29, 0.717) is 4.47 Å². The van der Waals surface area contributed by atoms with Crippen molar-refractivity contribution >= 4 is 33.5 Å². The smallest absolute Gasteiger partial charge is 0.337 e. The Balaban J connectivity index is 2.28. The van der Waals surface area contributed by atoms with Crippen LogP contribution in [-0.2, 0) is 0 Å². The number of aromatic amines is 1. The van der Waals surface area contributed by atoms with Gasteiger partial charge in [-0.3, -0.25) is 4.79 Å². The first-order valence-electron chi connectivity index (χ1n) is 5.19. The molecule has 0 aliphatic heterocycles. The maximum Gasteiger partial charge on any atom is 0.337 e. The summed E-state index contributed by atoms with van der Waals surface area (Å²) in [5.41, 5.74) is 0.219. The molecule has 6 nitrogen and oxygen atoms in total. The van der Waals surface area contributed by atoms with Crippen LogP contribution in [0.2, 0.25) is 0 Å². The number of carboxylic acid groups (broad SMARTS) is 1. The van der Waals surface area contributed by atoms with Crippen LogP contribution in [0.3, 0.4) is 0 Å². The van der Waals surface area contributed by atoms with Crippen LogP contribution >= 0.6 is 15.9 Å². The molecule has 1 amide bonds. The number of rotatable bonds is 3. The van der Waals surface area contributed by atoms with Gasteiger partial charge < -0.3 is 20.5 Å². The Kier molecular flexibility index (Phi) is 3.57. The van der Waals surface area contributed by atoms with Crippen LogP contribution in [0.1, 0.15) is 20.8 Å². The van der Waals surface area contributed by atoms with E-state index in [9.17, 15) is 14.7 Å². The first-order valence-corrected chi connectivity index (χ1v) is 5.98. The number of H-pyrrole nitrogens is 1. The van der Waals surface area contributed by atoms with E-state index in [-0.39, 0.29) is 22.7 Å². The van der Waals surface area contributed by atoms with Crippen molar-refractivity contribution < 1.29 is 19.8 Å². The van der Waals surface area contributed by atoms with Gasteiger partial charge >= 0.3 is 5.97 Å². The van der Waals surface area contributed by atoms with E-state index in [1.54, 1.807) is 12.3 Å². The Labute approximate surface area is 116 Å². The lowest BCUT2D eigenvalue weighted by Gasteiger charge is -2.07. The fraction of sp³-hybridized carbons (Fsp3) is 0. The van der Waals surface area contributed by atoms with Crippen molar-refractivity contribution in [3.63, 3.8) is 0 Å². The molecule has 0 fully saturated rings. The van der Waals surface area contributed by atoms with Crippen LogP contribution in [0.25, 0.3) is 0 Å². The number of amides is 1. The van der Waals surface area contributed by atoms with Crippen molar-refractivity contribution in [1.29, 1.82) is 0 Å². The third-order valence-corrected chi connectivity index (χ3v) is 2.83. The molecule has 0 aliphatic rings. The average Bonchev–Trinajstić information content (AvgIpc) is 2.78. The summed E-state index contributed by atoms with van der Waals surface area (Å²) in [7, 11) is 0. The van der Waals surface area contributed by atoms with Crippen molar-refractivity contribution in [2.45, 2.75) is 0 Å². The predicted molar refractivity (Wildman–Crippen MR) is 71.5 cm³/mol. The van der Waals surface area contributed by atoms with Crippen molar-refractivity contribution in [2.24, 2.45) is 0 Å². The molecule has 1 aromatic carbocycles. The van der Waals surface area contributed by atoms with Gasteiger partial charge in [0.05, 0.1) is 11.3 Å². The molecule has 19 heavy (non-hydrogen) atoms. The quantitative estimate of drug-likeness (QED) is 0.651. The van der Waals surface area contributed by atoms with Crippen LogP contribution in [-0.4, -0.2) is 27.1 Å². The second-order valence-electron chi connectivity index (χ2n) is 3.72. The summed E-state index contributed by atoms with van der Waals surface area (Å²) in [5, 5.41) is 20.7. The van der Waals surface area contributed by atoms with Gasteiger partial charge in [-0.1, -0.05) is 0 Å². The SMILES string of the molecule is O=C(Nc1ccc(O)cc1C(=O)O)c1cc(Br)c[nH]1. The fourth-order valence-corrected chi connectivity index (χ4v) is 1.85. The van der Waals surface area contributed by atoms with E-state index in [2.05, 4.69) is 26.2 Å². The zero-order valence-corrected chi connectivity index (χ0v) is 11.1. The van der Waals surface area contributed by atoms with Gasteiger partial charge in [-0.25, -0.2) is 4.79 Å². The highest BCUT2D eigenvalue weighted by molar-refractivity contribution is 9.10. The highest BCUT2D eigenvalue weighted by atomic mass is 79.9. The normalized spacial score (nSPS) is 10.2. The molecular weight excluding hydrogens is 316 g/mol. The Morgan fingerprint density at radius 1 is 1.26 bits per heavy atom. The molecule has 2 aromatic rings. The van der Waals surface area contributed by atoms with Gasteiger partial charge in [0.15, 0.2) is 0 Å². The number of aromatic hydroxyl groups is 1. The Morgan fingerprint density at radius 2 is 2.00 bits per heavy atom. The Hall–Kier alpha value is -2.28. The van der Waals surface area contributed by atoms with Gasteiger partial charge in [-0.2, -0.15) is 0 Å². The largest absolute Gasteiger partial charge is 0.508 e. The van der Waals surface area contributed by atoms with E-state index in [0.717, 1.165) is 6.07 Å². The van der Waals surface area contributed by atoms with Gasteiger partial charge in [-0.05, 0) is 40.2 Å². The third kappa shape index (κ3) is 2.94. The van der Waals surface area contributed by atoms with E-state index in [4.69, 9.17) is 5.11 Å². The number of nitrogens with one attached hydrogen (secondary N) is 2. The number of anilines is 1. The number of benzene rings is 1. The van der Waals surface area contributed by atoms with Crippen LogP contribution in [0.15, 0.2) is 34.9 Å². The van der Waals surface area contributed by atoms with Crippen molar-refractivity contribution in [1.82, 2.24) is 4.98 Å². The second kappa shape index (κ2) is 5.15. The number of hydrogen-bond donors (Lipinski definition) is 4. The number of carbonyl (C=O) groups is 2. The van der Waals surface area contributed by atoms with Gasteiger partial charge in [0.1, 0.15) is 11.4 Å². The second-order valence-corrected chi connectivity index (χ2v) is 4.64. The van der Waals surface area contributed by atoms with E-state index < -0.39 is 11.9 Å². The van der Waals surface area contributed by atoms with Gasteiger partial charge in [0.2, 0.25) is 0 Å². The minimum atomic E-state index is -1.24. The molecule has 0 spiro atoms. The lowest BCUT2D eigenvalue weighted by Crippen LogP contribution is -2.15. The van der Waals surface area contributed by atoms with Gasteiger partial charge in [-0.15, -0.1) is 0 Å². The minimum absolute atomic E-state index is 0.112. The number of halogens is 1. The molecular formula is C12H9BrN2O4. The minimum Gasteiger partial charge on any atom is -0.508 e. The molecule has 0 atom stereocenters. The summed E-state index contributed by atoms with van der Waals surface area (Å²) in [5.74, 6) is -1.89. The van der Waals surface area contributed by atoms with Gasteiger partial charge in [0, 0.05) is 10.7 Å². The fourth-order valence-electron chi connectivity index (χ4n) is 1.51. The van der Waals surface area contributed by atoms with Crippen LogP contribution in [0, 0.1) is 0 Å². The maximum absolute atomic E-state index is 11.9. The predicted octanol–water partition coefficient (Wildman–Crippen LogP) is 2.43. The molecule has 0 aliphatic carbocycles. The molecule has 7 heteroatoms. The number of hydrogen-bond acceptors (Lipinski definition) is 3. The molecule has 1 aromatic heterocycles. The zero-order valence-electron chi connectivity index (χ0n) is 9.48. The summed E-state index contributed by atoms with van der Waals surface area (Å²) < 4.78 is 0.710. The molecule has 1 heterocycles. The number of aromatic nitrogens is 1. The topological polar surface area (TPSA) is 102 Å². The summed E-state index contributed by atoms with van der Waals surface area (Å²) in [6.07, 6.45) is 1.59. The van der Waals surface area contributed by atoms with Gasteiger partial charge in [0.25, 0.3) is 5.91 Å². The van der Waals surface area contributed by atoms with E-state index in [1.165, 1.54) is 12.1 Å². The summed E-state index contributed by atoms with van der Waals surface area (Å²) in [4.78, 5) is 25.6. The summed E-state index contributed by atoms with van der Waals surface area (Å²) in [6, 6.07) is 5.26. The molecule has 0 saturated carbocycles. The molecule has 0 radical (unpaired) electrons. The molecule has 0 unspecified atom stereocenters. The van der Waals surface area contributed by atoms with Crippen LogP contribution in [0.4, 0.5) is 5.69 Å². The Bertz CT molecular complexity index is 651. The standard InChI is InChI=1S/C12H9BrN2O4/c13-6-3-10(14-5-6)11(17)15-9-2-1-7(16)4-8(9)12(18)19/h1-5,14,16H,(H,15,17)(H,18,19). The monoisotopic (exact) mass is 324 g/mol. The maximum atomic E-state index is 11.9. The lowest BCUT2D eigenvalue weighted by atomic mass is 10.1. The highest BCUT2D eigenvalue weighted by Gasteiger charge is 2.15. The molecule has 98 valence electrons. The number of carbonyl (C=O) groups excluding carboxylic acids is 1. The van der Waals surface area contributed by atoms with Crippen LogP contribution in [0.5, 0.6) is 5.75 Å². The highest BCUT2D eigenvalue weighted by Crippen LogP contribution is 2.22. The molecule has 4 N–H and O–H groups in total. The zero-order chi connectivity index (χ0) is 14.0. The third-order valence-electron chi connectivity index (χ3n) is 2.37. The average molecular weight is 325 g/mol. The van der Waals surface area contributed by atoms with E-state index in [1.807, 2.05) is 0 Å². The van der Waals surface area contributed by atoms with Crippen molar-refractivity contribution in [2.75, 3.05) is 5.32 Å². The number of carboxylic acids is 1. The first kappa shape index (κ1) is 13.2. The number of aromatic carboxylic acids is 1. The first-order chi connectivity index (χ1) is 8.97. The van der Waals surface area contributed by atoms with E-state index >= 15 is 0 Å². The molecule has 0 bridgehead atoms. The number of phenolic OH excluding ortho intramolecular Hbond substituents is 1. The molecule has 0 saturated heterocycles. The summed E-state index contributed by atoms with van der Waals surface area (Å²) >= 11 is 3.19. The van der Waals surface area contributed by atoms with Crippen molar-refractivity contribution in [3.8, 4) is 5.75 Å². The lowest BCUT2D eigenvalue weighted by molar-refractivity contribution is 0.0697. The Morgan fingerprint density at radius 3 is 2.58 bits per heavy atom. The molecule has 2 rings (SSSR count). The van der Waals surface area contributed by atoms with Crippen molar-refractivity contribution in [3.05, 3.63) is 46.2 Å².